The first-order valence-corrected chi connectivity index (χ1v) is 12.9. The van der Waals surface area contributed by atoms with Crippen molar-refractivity contribution in [2.45, 2.75) is 32.3 Å². The van der Waals surface area contributed by atoms with Crippen LogP contribution in [0.2, 0.25) is 0 Å². The Morgan fingerprint density at radius 3 is 2.03 bits per heavy atom. The van der Waals surface area contributed by atoms with Gasteiger partial charge < -0.3 is 24.1 Å². The first-order chi connectivity index (χ1) is 18.5. The Morgan fingerprint density at radius 1 is 0.763 bits per heavy atom. The molecule has 0 aromatic heterocycles. The molecule has 3 aromatic rings. The molecule has 2 aliphatic rings. The molecule has 6 nitrogen and oxygen atoms in total. The van der Waals surface area contributed by atoms with Gasteiger partial charge in [-0.05, 0) is 90.6 Å². The van der Waals surface area contributed by atoms with E-state index in [4.69, 9.17) is 24.1 Å². The monoisotopic (exact) mass is 518 g/mol. The zero-order chi connectivity index (χ0) is 26.3. The average Bonchev–Trinajstić information content (AvgIpc) is 3.84. The molecule has 2 aliphatic carbocycles. The number of ether oxygens (including phenoxy) is 4. The van der Waals surface area contributed by atoms with E-state index in [0.29, 0.717) is 23.8 Å². The molecule has 5 rings (SSSR count). The van der Waals surface area contributed by atoms with Crippen molar-refractivity contribution in [1.29, 1.82) is 0 Å². The smallest absolute Gasteiger partial charge is 0.341 e. The number of carboxylic acids is 1. The second-order valence-corrected chi connectivity index (χ2v) is 9.88. The van der Waals surface area contributed by atoms with Gasteiger partial charge in [-0.3, -0.25) is 0 Å². The normalized spacial score (nSPS) is 14.9. The van der Waals surface area contributed by atoms with E-state index in [0.717, 1.165) is 35.2 Å². The molecular weight excluding hydrogens is 487 g/mol. The van der Waals surface area contributed by atoms with E-state index >= 15 is 0 Å². The summed E-state index contributed by atoms with van der Waals surface area (Å²) in [5.74, 6) is 1.64. The van der Waals surface area contributed by atoms with Gasteiger partial charge in [-0.15, -0.1) is 0 Å². The maximum absolute atomic E-state index is 14.3. The lowest BCUT2D eigenvalue weighted by Gasteiger charge is -2.12. The van der Waals surface area contributed by atoms with Crippen LogP contribution in [0.5, 0.6) is 23.0 Å². The average molecular weight is 519 g/mol. The highest BCUT2D eigenvalue weighted by atomic mass is 19.1. The minimum atomic E-state index is -1.17. The zero-order valence-corrected chi connectivity index (χ0v) is 21.1. The summed E-state index contributed by atoms with van der Waals surface area (Å²) in [4.78, 5) is 10.7. The predicted octanol–water partition coefficient (Wildman–Crippen LogP) is 6.62. The molecule has 0 saturated heterocycles. The highest BCUT2D eigenvalue weighted by Crippen LogP contribution is 2.32. The van der Waals surface area contributed by atoms with Gasteiger partial charge in [0.2, 0.25) is 0 Å². The number of benzene rings is 3. The lowest BCUT2D eigenvalue weighted by Crippen LogP contribution is -2.10. The molecule has 0 bridgehead atoms. The van der Waals surface area contributed by atoms with E-state index in [1.165, 1.54) is 37.8 Å². The lowest BCUT2D eigenvalue weighted by atomic mass is 10.1. The summed E-state index contributed by atoms with van der Waals surface area (Å²) >= 11 is 0. The Morgan fingerprint density at radius 2 is 1.39 bits per heavy atom. The number of rotatable bonds is 14. The first kappa shape index (κ1) is 25.6. The molecule has 0 radical (unpaired) electrons. The number of hydrogen-bond acceptors (Lipinski definition) is 5. The van der Waals surface area contributed by atoms with Gasteiger partial charge in [0.25, 0.3) is 0 Å². The molecule has 2 saturated carbocycles. The topological polar surface area (TPSA) is 74.2 Å². The van der Waals surface area contributed by atoms with Gasteiger partial charge >= 0.3 is 5.97 Å². The quantitative estimate of drug-likeness (QED) is 0.242. The Kier molecular flexibility index (Phi) is 8.12. The molecule has 0 atom stereocenters. The van der Waals surface area contributed by atoms with Crippen LogP contribution in [0, 0.1) is 17.7 Å². The van der Waals surface area contributed by atoms with Crippen LogP contribution < -0.4 is 18.9 Å². The molecule has 2 fully saturated rings. The molecule has 0 aliphatic heterocycles. The fourth-order valence-electron chi connectivity index (χ4n) is 3.78. The summed E-state index contributed by atoms with van der Waals surface area (Å²) in [6.45, 7) is 1.00. The van der Waals surface area contributed by atoms with Crippen molar-refractivity contribution >= 4 is 18.1 Å². The third kappa shape index (κ3) is 8.00. The van der Waals surface area contributed by atoms with Crippen LogP contribution in [0.4, 0.5) is 4.39 Å². The predicted molar refractivity (Wildman–Crippen MR) is 142 cm³/mol. The van der Waals surface area contributed by atoms with Crippen molar-refractivity contribution in [2.24, 2.45) is 11.8 Å². The van der Waals surface area contributed by atoms with Crippen LogP contribution in [0.25, 0.3) is 12.2 Å². The van der Waals surface area contributed by atoms with E-state index in [1.54, 1.807) is 6.07 Å². The van der Waals surface area contributed by atoms with Crippen molar-refractivity contribution < 1.29 is 33.2 Å². The summed E-state index contributed by atoms with van der Waals surface area (Å²) in [5, 5.41) is 8.71. The van der Waals surface area contributed by atoms with Gasteiger partial charge in [-0.1, -0.05) is 30.4 Å². The van der Waals surface area contributed by atoms with E-state index in [2.05, 4.69) is 0 Å². The van der Waals surface area contributed by atoms with Crippen molar-refractivity contribution in [3.63, 3.8) is 0 Å². The fourth-order valence-corrected chi connectivity index (χ4v) is 3.78. The lowest BCUT2D eigenvalue weighted by molar-refractivity contribution is -0.139. The molecule has 0 unspecified atom stereocenters. The van der Waals surface area contributed by atoms with Crippen molar-refractivity contribution in [3.8, 4) is 23.0 Å². The Hall–Kier alpha value is -4.00. The second-order valence-electron chi connectivity index (χ2n) is 9.88. The summed E-state index contributed by atoms with van der Waals surface area (Å²) in [5.41, 5.74) is 2.57. The molecule has 7 heteroatoms. The minimum absolute atomic E-state index is 0.110. The first-order valence-electron chi connectivity index (χ1n) is 12.9. The maximum atomic E-state index is 14.3. The largest absolute Gasteiger partial charge is 0.493 e. The van der Waals surface area contributed by atoms with E-state index in [1.807, 2.05) is 54.6 Å². The van der Waals surface area contributed by atoms with Crippen LogP contribution in [0.15, 0.2) is 60.7 Å². The zero-order valence-electron chi connectivity index (χ0n) is 21.1. The van der Waals surface area contributed by atoms with E-state index < -0.39 is 18.4 Å². The van der Waals surface area contributed by atoms with Crippen molar-refractivity contribution in [1.82, 2.24) is 0 Å². The van der Waals surface area contributed by atoms with Gasteiger partial charge in [-0.2, -0.15) is 0 Å². The standard InChI is InChI=1S/C31H31FO6/c32-29-15-25(9-12-30(29)38-20-31(33)34)19-37-28-14-24(13-27(16-28)36-18-23-4-5-23)6-1-21-7-10-26(11-8-21)35-17-22-2-3-22/h1,6-16,22-23H,2-5,17-20H2,(H,33,34)/b6-1+. The number of aliphatic carboxylic acids is 1. The van der Waals surface area contributed by atoms with Gasteiger partial charge in [0, 0.05) is 6.07 Å². The molecule has 0 spiro atoms. The highest BCUT2D eigenvalue weighted by molar-refractivity contribution is 5.71. The number of carbonyl (C=O) groups is 1. The summed E-state index contributed by atoms with van der Waals surface area (Å²) < 4.78 is 37.0. The summed E-state index contributed by atoms with van der Waals surface area (Å²) in [6, 6.07) is 18.1. The summed E-state index contributed by atoms with van der Waals surface area (Å²) in [7, 11) is 0. The third-order valence-corrected chi connectivity index (χ3v) is 6.37. The van der Waals surface area contributed by atoms with Crippen molar-refractivity contribution in [3.05, 3.63) is 83.2 Å². The molecule has 0 heterocycles. The fraction of sp³-hybridized carbons (Fsp3) is 0.323. The Labute approximate surface area is 221 Å². The van der Waals surface area contributed by atoms with Gasteiger partial charge in [-0.25, -0.2) is 9.18 Å². The third-order valence-electron chi connectivity index (χ3n) is 6.37. The van der Waals surface area contributed by atoms with Crippen LogP contribution in [0.1, 0.15) is 42.4 Å². The molecule has 1 N–H and O–H groups in total. The van der Waals surface area contributed by atoms with E-state index in [-0.39, 0.29) is 12.4 Å². The van der Waals surface area contributed by atoms with Gasteiger partial charge in [0.05, 0.1) is 13.2 Å². The second kappa shape index (κ2) is 12.0. The van der Waals surface area contributed by atoms with E-state index in [9.17, 15) is 9.18 Å². The Balaban J connectivity index is 1.24. The number of carboxylic acid groups (broad SMARTS) is 1. The Bertz CT molecular complexity index is 1280. The van der Waals surface area contributed by atoms with Gasteiger partial charge in [0.1, 0.15) is 23.9 Å². The highest BCUT2D eigenvalue weighted by Gasteiger charge is 2.22. The summed E-state index contributed by atoms with van der Waals surface area (Å²) in [6.07, 6.45) is 8.96. The SMILES string of the molecule is O=C(O)COc1ccc(COc2cc(/C=C/c3ccc(OCC4CC4)cc3)cc(OCC3CC3)c2)cc1F. The molecule has 0 amide bonds. The number of hydrogen-bond donors (Lipinski definition) is 1. The molecule has 38 heavy (non-hydrogen) atoms. The van der Waals surface area contributed by atoms with Crippen LogP contribution in [-0.2, 0) is 11.4 Å². The van der Waals surface area contributed by atoms with Gasteiger partial charge in [0.15, 0.2) is 18.2 Å². The van der Waals surface area contributed by atoms with Crippen LogP contribution in [0.3, 0.4) is 0 Å². The maximum Gasteiger partial charge on any atom is 0.341 e. The molecular formula is C31H31FO6. The minimum Gasteiger partial charge on any atom is -0.493 e. The van der Waals surface area contributed by atoms with Crippen LogP contribution in [-0.4, -0.2) is 30.9 Å². The molecule has 198 valence electrons. The van der Waals surface area contributed by atoms with Crippen molar-refractivity contribution in [2.75, 3.05) is 19.8 Å². The number of halogens is 1. The van der Waals surface area contributed by atoms with Crippen LogP contribution >= 0.6 is 0 Å². The molecule has 3 aromatic carbocycles.